The molecule has 0 aliphatic heterocycles. The molecule has 2 aromatic rings. The summed E-state index contributed by atoms with van der Waals surface area (Å²) in [6, 6.07) is 15.8. The summed E-state index contributed by atoms with van der Waals surface area (Å²) in [6.07, 6.45) is -0.549. The molecule has 0 radical (unpaired) electrons. The van der Waals surface area contributed by atoms with Gasteiger partial charge >= 0.3 is 0 Å². The van der Waals surface area contributed by atoms with Crippen molar-refractivity contribution >= 4 is 29.9 Å². The van der Waals surface area contributed by atoms with Crippen molar-refractivity contribution < 1.29 is 9.84 Å². The van der Waals surface area contributed by atoms with Crippen LogP contribution in [0, 0.1) is 6.92 Å². The van der Waals surface area contributed by atoms with Crippen LogP contribution in [0.1, 0.15) is 43.6 Å². The van der Waals surface area contributed by atoms with Crippen LogP contribution in [-0.2, 0) is 6.54 Å². The summed E-state index contributed by atoms with van der Waals surface area (Å²) in [7, 11) is 0. The number of aryl methyl sites for hydroxylation is 1. The average molecular weight is 497 g/mol. The zero-order valence-corrected chi connectivity index (χ0v) is 19.4. The van der Waals surface area contributed by atoms with Crippen LogP contribution in [0.15, 0.2) is 53.5 Å². The van der Waals surface area contributed by atoms with Gasteiger partial charge in [0.15, 0.2) is 5.96 Å². The van der Waals surface area contributed by atoms with Gasteiger partial charge in [-0.2, -0.15) is 0 Å². The Hall–Kier alpha value is -1.80. The van der Waals surface area contributed by atoms with E-state index >= 15 is 0 Å². The highest BCUT2D eigenvalue weighted by molar-refractivity contribution is 14.0. The first-order chi connectivity index (χ1) is 13.0. The summed E-state index contributed by atoms with van der Waals surface area (Å²) >= 11 is 0. The molecule has 0 aliphatic rings. The first kappa shape index (κ1) is 24.2. The van der Waals surface area contributed by atoms with E-state index in [2.05, 4.69) is 34.7 Å². The van der Waals surface area contributed by atoms with Gasteiger partial charge < -0.3 is 20.5 Å². The minimum Gasteiger partial charge on any atom is -0.491 e. The minimum atomic E-state index is -0.650. The van der Waals surface area contributed by atoms with Crippen LogP contribution in [0.2, 0.25) is 0 Å². The molecule has 2 rings (SSSR count). The molecule has 6 heteroatoms. The molecule has 1 atom stereocenters. The van der Waals surface area contributed by atoms with Crippen LogP contribution in [0.3, 0.4) is 0 Å². The Bertz CT molecular complexity index is 750. The van der Waals surface area contributed by atoms with Gasteiger partial charge in [0.2, 0.25) is 0 Å². The maximum absolute atomic E-state index is 10.5. The molecule has 0 spiro atoms. The van der Waals surface area contributed by atoms with E-state index in [1.807, 2.05) is 57.2 Å². The van der Waals surface area contributed by atoms with Gasteiger partial charge in [-0.1, -0.05) is 36.4 Å². The summed E-state index contributed by atoms with van der Waals surface area (Å²) < 4.78 is 5.70. The SMILES string of the molecule is CCNC(=NCc1ccccc1C)NCC(O)c1cccc(OC(C)C)c1.I. The number of benzene rings is 2. The van der Waals surface area contributed by atoms with E-state index in [9.17, 15) is 5.11 Å². The minimum absolute atomic E-state index is 0. The third kappa shape index (κ3) is 8.06. The lowest BCUT2D eigenvalue weighted by Gasteiger charge is -2.17. The van der Waals surface area contributed by atoms with Crippen molar-refractivity contribution in [3.63, 3.8) is 0 Å². The maximum Gasteiger partial charge on any atom is 0.191 e. The van der Waals surface area contributed by atoms with Gasteiger partial charge in [-0.25, -0.2) is 4.99 Å². The van der Waals surface area contributed by atoms with Crippen LogP contribution in [0.4, 0.5) is 0 Å². The fourth-order valence-corrected chi connectivity index (χ4v) is 2.67. The Morgan fingerprint density at radius 1 is 1.11 bits per heavy atom. The summed E-state index contributed by atoms with van der Waals surface area (Å²) in [6.45, 7) is 9.79. The lowest BCUT2D eigenvalue weighted by Crippen LogP contribution is -2.39. The average Bonchev–Trinajstić information content (AvgIpc) is 2.64. The number of guanidine groups is 1. The molecular weight excluding hydrogens is 465 g/mol. The molecule has 0 saturated carbocycles. The highest BCUT2D eigenvalue weighted by Crippen LogP contribution is 2.20. The second-order valence-corrected chi connectivity index (χ2v) is 6.76. The third-order valence-electron chi connectivity index (χ3n) is 4.09. The normalized spacial score (nSPS) is 12.3. The Kier molecular flexibility index (Phi) is 10.9. The number of rotatable bonds is 8. The molecule has 0 saturated heterocycles. The molecule has 28 heavy (non-hydrogen) atoms. The van der Waals surface area contributed by atoms with Gasteiger partial charge in [0.05, 0.1) is 18.8 Å². The summed E-state index contributed by atoms with van der Waals surface area (Å²) in [4.78, 5) is 4.63. The topological polar surface area (TPSA) is 65.9 Å². The summed E-state index contributed by atoms with van der Waals surface area (Å²) in [5, 5.41) is 17.0. The molecule has 0 amide bonds. The Morgan fingerprint density at radius 3 is 2.54 bits per heavy atom. The largest absolute Gasteiger partial charge is 0.491 e. The summed E-state index contributed by atoms with van der Waals surface area (Å²) in [5.74, 6) is 1.45. The van der Waals surface area contributed by atoms with Gasteiger partial charge in [-0.15, -0.1) is 24.0 Å². The van der Waals surface area contributed by atoms with Gasteiger partial charge in [-0.05, 0) is 56.5 Å². The zero-order chi connectivity index (χ0) is 19.6. The van der Waals surface area contributed by atoms with Gasteiger partial charge in [0.25, 0.3) is 0 Å². The number of aliphatic hydroxyl groups is 1. The predicted octanol–water partition coefficient (Wildman–Crippen LogP) is 4.19. The van der Waals surface area contributed by atoms with E-state index in [0.29, 0.717) is 19.0 Å². The Balaban J connectivity index is 0.00000392. The van der Waals surface area contributed by atoms with Crippen molar-refractivity contribution in [2.24, 2.45) is 4.99 Å². The number of aliphatic imine (C=N–C) groups is 1. The van der Waals surface area contributed by atoms with E-state index < -0.39 is 6.10 Å². The van der Waals surface area contributed by atoms with E-state index in [0.717, 1.165) is 17.9 Å². The van der Waals surface area contributed by atoms with Crippen molar-refractivity contribution in [1.82, 2.24) is 10.6 Å². The Morgan fingerprint density at radius 2 is 1.86 bits per heavy atom. The maximum atomic E-state index is 10.5. The number of halogens is 1. The van der Waals surface area contributed by atoms with Crippen molar-refractivity contribution in [3.05, 3.63) is 65.2 Å². The molecule has 0 fully saturated rings. The molecule has 0 bridgehead atoms. The second-order valence-electron chi connectivity index (χ2n) is 6.76. The lowest BCUT2D eigenvalue weighted by molar-refractivity contribution is 0.179. The van der Waals surface area contributed by atoms with Crippen LogP contribution in [0.5, 0.6) is 5.75 Å². The van der Waals surface area contributed by atoms with E-state index in [-0.39, 0.29) is 30.1 Å². The van der Waals surface area contributed by atoms with Crippen molar-refractivity contribution in [2.75, 3.05) is 13.1 Å². The fraction of sp³-hybridized carbons (Fsp3) is 0.409. The first-order valence-corrected chi connectivity index (χ1v) is 9.51. The van der Waals surface area contributed by atoms with Gasteiger partial charge in [0.1, 0.15) is 5.75 Å². The molecule has 0 aliphatic carbocycles. The van der Waals surface area contributed by atoms with Crippen molar-refractivity contribution in [2.45, 2.75) is 46.4 Å². The van der Waals surface area contributed by atoms with E-state index in [1.54, 1.807) is 0 Å². The van der Waals surface area contributed by atoms with E-state index in [1.165, 1.54) is 11.1 Å². The molecule has 5 nitrogen and oxygen atoms in total. The van der Waals surface area contributed by atoms with Crippen LogP contribution in [-0.4, -0.2) is 30.3 Å². The summed E-state index contributed by atoms with van der Waals surface area (Å²) in [5.41, 5.74) is 3.23. The molecule has 0 heterocycles. The monoisotopic (exact) mass is 497 g/mol. The predicted molar refractivity (Wildman–Crippen MR) is 127 cm³/mol. The second kappa shape index (κ2) is 12.6. The van der Waals surface area contributed by atoms with Crippen LogP contribution >= 0.6 is 24.0 Å². The lowest BCUT2D eigenvalue weighted by atomic mass is 10.1. The van der Waals surface area contributed by atoms with E-state index in [4.69, 9.17) is 4.74 Å². The van der Waals surface area contributed by atoms with Crippen LogP contribution < -0.4 is 15.4 Å². The quantitative estimate of drug-likeness (QED) is 0.291. The zero-order valence-electron chi connectivity index (χ0n) is 17.1. The Labute approximate surface area is 185 Å². The highest BCUT2D eigenvalue weighted by Gasteiger charge is 2.10. The number of ether oxygens (including phenoxy) is 1. The molecule has 1 unspecified atom stereocenters. The van der Waals surface area contributed by atoms with Crippen LogP contribution in [0.25, 0.3) is 0 Å². The smallest absolute Gasteiger partial charge is 0.191 e. The molecule has 3 N–H and O–H groups in total. The molecule has 0 aromatic heterocycles. The standard InChI is InChI=1S/C22H31N3O2.HI/c1-5-23-22(24-14-19-10-7-6-9-17(19)4)25-15-21(26)18-11-8-12-20(13-18)27-16(2)3;/h6-13,16,21,26H,5,14-15H2,1-4H3,(H2,23,24,25);1H. The third-order valence-corrected chi connectivity index (χ3v) is 4.09. The molecule has 154 valence electrons. The molecule has 2 aromatic carbocycles. The van der Waals surface area contributed by atoms with Gasteiger partial charge in [0, 0.05) is 13.1 Å². The van der Waals surface area contributed by atoms with Crippen molar-refractivity contribution in [1.29, 1.82) is 0 Å². The number of nitrogens with zero attached hydrogens (tertiary/aromatic N) is 1. The number of hydrogen-bond acceptors (Lipinski definition) is 3. The number of nitrogens with one attached hydrogen (secondary N) is 2. The highest BCUT2D eigenvalue weighted by atomic mass is 127. The number of aliphatic hydroxyl groups excluding tert-OH is 1. The first-order valence-electron chi connectivity index (χ1n) is 9.51. The van der Waals surface area contributed by atoms with Gasteiger partial charge in [-0.3, -0.25) is 0 Å². The molecular formula is C22H32IN3O2. The fourth-order valence-electron chi connectivity index (χ4n) is 2.67. The van der Waals surface area contributed by atoms with Crippen molar-refractivity contribution in [3.8, 4) is 5.75 Å². The number of hydrogen-bond donors (Lipinski definition) is 3.